The van der Waals surface area contributed by atoms with Crippen molar-refractivity contribution in [2.45, 2.75) is 25.0 Å². The molecule has 0 spiro atoms. The fourth-order valence-electron chi connectivity index (χ4n) is 2.42. The third kappa shape index (κ3) is 3.97. The van der Waals surface area contributed by atoms with Crippen molar-refractivity contribution < 1.29 is 13.2 Å². The molecule has 0 atom stereocenters. The number of benzene rings is 2. The van der Waals surface area contributed by atoms with Gasteiger partial charge in [-0.25, -0.2) is 8.42 Å². The molecule has 1 aliphatic rings. The lowest BCUT2D eigenvalue weighted by Gasteiger charge is -2.10. The number of ether oxygens (including phenoxy) is 1. The second kappa shape index (κ2) is 6.69. The Bertz CT molecular complexity index is 851. The number of sulfonamides is 1. The van der Waals surface area contributed by atoms with Crippen LogP contribution in [0.25, 0.3) is 12.2 Å². The summed E-state index contributed by atoms with van der Waals surface area (Å²) in [6, 6.07) is 13.5. The van der Waals surface area contributed by atoms with Gasteiger partial charge in [-0.05, 0) is 43.5 Å². The van der Waals surface area contributed by atoms with Crippen LogP contribution in [0.1, 0.15) is 29.5 Å². The Morgan fingerprint density at radius 3 is 2.42 bits per heavy atom. The van der Waals surface area contributed by atoms with Crippen molar-refractivity contribution in [3.63, 3.8) is 0 Å². The lowest BCUT2D eigenvalue weighted by Crippen LogP contribution is -2.17. The van der Waals surface area contributed by atoms with E-state index >= 15 is 0 Å². The minimum Gasteiger partial charge on any atom is -0.496 e. The van der Waals surface area contributed by atoms with Crippen LogP contribution in [0.4, 0.5) is 5.69 Å². The zero-order valence-electron chi connectivity index (χ0n) is 13.8. The molecular weight excluding hydrogens is 322 g/mol. The van der Waals surface area contributed by atoms with E-state index in [0.717, 1.165) is 24.0 Å². The quantitative estimate of drug-likeness (QED) is 0.804. The Balaban J connectivity index is 1.85. The summed E-state index contributed by atoms with van der Waals surface area (Å²) in [5, 5.41) is -0.244. The van der Waals surface area contributed by atoms with Gasteiger partial charge in [-0.3, -0.25) is 4.72 Å². The largest absolute Gasteiger partial charge is 0.496 e. The molecule has 0 aromatic heterocycles. The molecule has 1 fully saturated rings. The average Bonchev–Trinajstić information content (AvgIpc) is 3.40. The first-order valence-electron chi connectivity index (χ1n) is 7.92. The monoisotopic (exact) mass is 343 g/mol. The van der Waals surface area contributed by atoms with Gasteiger partial charge in [-0.15, -0.1) is 0 Å². The number of nitrogens with one attached hydrogen (secondary N) is 1. The van der Waals surface area contributed by atoms with Crippen molar-refractivity contribution in [3.8, 4) is 5.75 Å². The Morgan fingerprint density at radius 2 is 1.79 bits per heavy atom. The number of anilines is 1. The zero-order chi connectivity index (χ0) is 17.2. The molecule has 1 saturated carbocycles. The Morgan fingerprint density at radius 1 is 1.08 bits per heavy atom. The first-order chi connectivity index (χ1) is 11.5. The summed E-state index contributed by atoms with van der Waals surface area (Å²) in [5.74, 6) is 0.702. The maximum atomic E-state index is 12.1. The van der Waals surface area contributed by atoms with E-state index in [2.05, 4.69) is 16.9 Å². The van der Waals surface area contributed by atoms with E-state index < -0.39 is 10.0 Å². The van der Waals surface area contributed by atoms with Crippen LogP contribution in [0.3, 0.4) is 0 Å². The summed E-state index contributed by atoms with van der Waals surface area (Å²) in [4.78, 5) is 0. The first kappa shape index (κ1) is 16.6. The highest BCUT2D eigenvalue weighted by molar-refractivity contribution is 7.93. The first-order valence-corrected chi connectivity index (χ1v) is 9.47. The number of methoxy groups -OCH3 is 1. The standard InChI is InChI=1S/C19H21NO3S/c1-14-3-5-15(6-4-14)7-8-16-13-17(9-12-19(16)23-2)20-24(21,22)18-10-11-18/h3-9,12-13,18,20H,10-11H2,1-2H3/b8-7+. The summed E-state index contributed by atoms with van der Waals surface area (Å²) in [5.41, 5.74) is 3.67. The molecule has 2 aromatic carbocycles. The predicted octanol–water partition coefficient (Wildman–Crippen LogP) is 4.08. The molecule has 0 bridgehead atoms. The molecule has 4 nitrogen and oxygen atoms in total. The van der Waals surface area contributed by atoms with Crippen molar-refractivity contribution in [2.75, 3.05) is 11.8 Å². The second-order valence-electron chi connectivity index (χ2n) is 6.05. The van der Waals surface area contributed by atoms with Gasteiger partial charge in [0.1, 0.15) is 5.75 Å². The number of aryl methyl sites for hydroxylation is 1. The van der Waals surface area contributed by atoms with Crippen LogP contribution < -0.4 is 9.46 Å². The van der Waals surface area contributed by atoms with Crippen LogP contribution in [0, 0.1) is 6.92 Å². The van der Waals surface area contributed by atoms with E-state index in [1.54, 1.807) is 25.3 Å². The Labute approximate surface area is 143 Å². The highest BCUT2D eigenvalue weighted by Crippen LogP contribution is 2.31. The highest BCUT2D eigenvalue weighted by atomic mass is 32.2. The SMILES string of the molecule is COc1ccc(NS(=O)(=O)C2CC2)cc1/C=C/c1ccc(C)cc1. The van der Waals surface area contributed by atoms with Crippen LogP contribution in [0.5, 0.6) is 5.75 Å². The number of hydrogen-bond donors (Lipinski definition) is 1. The van der Waals surface area contributed by atoms with Gasteiger partial charge in [0.05, 0.1) is 12.4 Å². The van der Waals surface area contributed by atoms with Gasteiger partial charge < -0.3 is 4.74 Å². The van der Waals surface area contributed by atoms with Gasteiger partial charge in [0, 0.05) is 11.3 Å². The fraction of sp³-hybridized carbons (Fsp3) is 0.263. The van der Waals surface area contributed by atoms with E-state index in [1.165, 1.54) is 5.56 Å². The van der Waals surface area contributed by atoms with Gasteiger partial charge in [-0.2, -0.15) is 0 Å². The zero-order valence-corrected chi connectivity index (χ0v) is 14.6. The van der Waals surface area contributed by atoms with Crippen LogP contribution in [-0.2, 0) is 10.0 Å². The minimum atomic E-state index is -3.26. The van der Waals surface area contributed by atoms with Crippen molar-refractivity contribution >= 4 is 27.9 Å². The Kier molecular flexibility index (Phi) is 4.62. The second-order valence-corrected chi connectivity index (χ2v) is 8.01. The summed E-state index contributed by atoms with van der Waals surface area (Å²) in [7, 11) is -1.66. The number of hydrogen-bond acceptors (Lipinski definition) is 3. The molecule has 0 amide bonds. The third-order valence-electron chi connectivity index (χ3n) is 3.99. The molecule has 1 aliphatic carbocycles. The molecule has 0 unspecified atom stereocenters. The van der Waals surface area contributed by atoms with E-state index in [-0.39, 0.29) is 5.25 Å². The molecule has 24 heavy (non-hydrogen) atoms. The molecule has 0 aliphatic heterocycles. The smallest absolute Gasteiger partial charge is 0.235 e. The molecule has 126 valence electrons. The molecule has 0 radical (unpaired) electrons. The molecule has 3 rings (SSSR count). The average molecular weight is 343 g/mol. The van der Waals surface area contributed by atoms with Gasteiger partial charge in [0.15, 0.2) is 0 Å². The minimum absolute atomic E-state index is 0.244. The molecular formula is C19H21NO3S. The van der Waals surface area contributed by atoms with E-state index in [0.29, 0.717) is 11.4 Å². The van der Waals surface area contributed by atoms with Crippen molar-refractivity contribution in [2.24, 2.45) is 0 Å². The summed E-state index contributed by atoms with van der Waals surface area (Å²) in [6.45, 7) is 2.05. The molecule has 2 aromatic rings. The normalized spacial score (nSPS) is 14.8. The van der Waals surface area contributed by atoms with Crippen LogP contribution in [0.15, 0.2) is 42.5 Å². The number of rotatable bonds is 6. The lowest BCUT2D eigenvalue weighted by molar-refractivity contribution is 0.414. The molecule has 0 heterocycles. The summed E-state index contributed by atoms with van der Waals surface area (Å²) in [6.07, 6.45) is 5.40. The maximum absolute atomic E-state index is 12.1. The van der Waals surface area contributed by atoms with Crippen LogP contribution in [0.2, 0.25) is 0 Å². The van der Waals surface area contributed by atoms with E-state index in [9.17, 15) is 8.42 Å². The fourth-order valence-corrected chi connectivity index (χ4v) is 3.80. The lowest BCUT2D eigenvalue weighted by atomic mass is 10.1. The van der Waals surface area contributed by atoms with Gasteiger partial charge in [-0.1, -0.05) is 42.0 Å². The Hall–Kier alpha value is -2.27. The van der Waals surface area contributed by atoms with Crippen LogP contribution in [-0.4, -0.2) is 20.8 Å². The molecule has 5 heteroatoms. The van der Waals surface area contributed by atoms with E-state index in [1.807, 2.05) is 31.2 Å². The topological polar surface area (TPSA) is 55.4 Å². The van der Waals surface area contributed by atoms with Crippen LogP contribution >= 0.6 is 0 Å². The molecule has 0 saturated heterocycles. The van der Waals surface area contributed by atoms with Gasteiger partial charge in [0.25, 0.3) is 0 Å². The summed E-state index contributed by atoms with van der Waals surface area (Å²) < 4.78 is 32.2. The van der Waals surface area contributed by atoms with Gasteiger partial charge >= 0.3 is 0 Å². The molecule has 1 N–H and O–H groups in total. The summed E-state index contributed by atoms with van der Waals surface area (Å²) >= 11 is 0. The van der Waals surface area contributed by atoms with Crippen molar-refractivity contribution in [1.29, 1.82) is 0 Å². The third-order valence-corrected chi connectivity index (χ3v) is 5.86. The van der Waals surface area contributed by atoms with E-state index in [4.69, 9.17) is 4.74 Å². The van der Waals surface area contributed by atoms with Gasteiger partial charge in [0.2, 0.25) is 10.0 Å². The maximum Gasteiger partial charge on any atom is 0.235 e. The predicted molar refractivity (Wildman–Crippen MR) is 98.7 cm³/mol. The highest BCUT2D eigenvalue weighted by Gasteiger charge is 2.35. The van der Waals surface area contributed by atoms with Crippen molar-refractivity contribution in [1.82, 2.24) is 0 Å². The van der Waals surface area contributed by atoms with Crippen molar-refractivity contribution in [3.05, 3.63) is 59.2 Å².